The van der Waals surface area contributed by atoms with Gasteiger partial charge in [0.05, 0.1) is 12.7 Å². The first-order chi connectivity index (χ1) is 17.3. The van der Waals surface area contributed by atoms with Crippen molar-refractivity contribution in [3.05, 3.63) is 101 Å². The van der Waals surface area contributed by atoms with Crippen LogP contribution in [0.3, 0.4) is 0 Å². The molecule has 182 valence electrons. The minimum Gasteiger partial charge on any atom is -0.497 e. The van der Waals surface area contributed by atoms with Gasteiger partial charge in [0.2, 0.25) is 5.89 Å². The zero-order valence-corrected chi connectivity index (χ0v) is 19.5. The van der Waals surface area contributed by atoms with Crippen LogP contribution >= 0.6 is 11.6 Å². The van der Waals surface area contributed by atoms with Gasteiger partial charge in [-0.05, 0) is 48.0 Å². The SMILES string of the molecule is COc1ccc2c(c1)c(C(=O)c1nnc(-c3ccccc3)o1)c(C(F)(F)F)n2Cc1ccc(Cl)cc1. The number of rotatable bonds is 6. The van der Waals surface area contributed by atoms with Crippen molar-refractivity contribution < 1.29 is 27.1 Å². The number of carbonyl (C=O) groups is 1. The van der Waals surface area contributed by atoms with Crippen LogP contribution in [-0.4, -0.2) is 27.7 Å². The monoisotopic (exact) mass is 511 g/mol. The number of hydrogen-bond donors (Lipinski definition) is 0. The summed E-state index contributed by atoms with van der Waals surface area (Å²) in [5.41, 5.74) is -0.407. The second-order valence-electron chi connectivity index (χ2n) is 7.92. The fourth-order valence-electron chi connectivity index (χ4n) is 4.04. The van der Waals surface area contributed by atoms with E-state index in [1.54, 1.807) is 54.6 Å². The third-order valence-corrected chi connectivity index (χ3v) is 5.91. The van der Waals surface area contributed by atoms with E-state index in [1.165, 1.54) is 25.3 Å². The summed E-state index contributed by atoms with van der Waals surface area (Å²) in [5, 5.41) is 8.13. The van der Waals surface area contributed by atoms with Crippen molar-refractivity contribution in [3.63, 3.8) is 0 Å². The summed E-state index contributed by atoms with van der Waals surface area (Å²) in [6, 6.07) is 19.5. The van der Waals surface area contributed by atoms with Gasteiger partial charge < -0.3 is 13.7 Å². The molecule has 0 bridgehead atoms. The zero-order valence-electron chi connectivity index (χ0n) is 18.7. The van der Waals surface area contributed by atoms with Crippen molar-refractivity contribution in [2.45, 2.75) is 12.7 Å². The van der Waals surface area contributed by atoms with Crippen molar-refractivity contribution in [2.24, 2.45) is 0 Å². The molecule has 3 aromatic carbocycles. The van der Waals surface area contributed by atoms with Crippen LogP contribution in [0.1, 0.15) is 27.5 Å². The molecule has 36 heavy (non-hydrogen) atoms. The summed E-state index contributed by atoms with van der Waals surface area (Å²) in [7, 11) is 1.39. The second-order valence-corrected chi connectivity index (χ2v) is 8.36. The van der Waals surface area contributed by atoms with E-state index < -0.39 is 29.1 Å². The lowest BCUT2D eigenvalue weighted by atomic mass is 10.1. The summed E-state index contributed by atoms with van der Waals surface area (Å²) in [4.78, 5) is 13.5. The number of methoxy groups -OCH3 is 1. The fraction of sp³-hybridized carbons (Fsp3) is 0.115. The number of halogens is 4. The Balaban J connectivity index is 1.71. The van der Waals surface area contributed by atoms with E-state index in [9.17, 15) is 18.0 Å². The lowest BCUT2D eigenvalue weighted by molar-refractivity contribution is -0.143. The van der Waals surface area contributed by atoms with Gasteiger partial charge in [-0.1, -0.05) is 41.9 Å². The Hall–Kier alpha value is -4.11. The lowest BCUT2D eigenvalue weighted by Gasteiger charge is -2.14. The third-order valence-electron chi connectivity index (χ3n) is 5.66. The Morgan fingerprint density at radius 1 is 1.03 bits per heavy atom. The van der Waals surface area contributed by atoms with Crippen LogP contribution in [0.2, 0.25) is 5.02 Å². The minimum atomic E-state index is -4.87. The van der Waals surface area contributed by atoms with Gasteiger partial charge in [0.1, 0.15) is 11.4 Å². The molecule has 0 aliphatic rings. The van der Waals surface area contributed by atoms with Crippen LogP contribution in [0.25, 0.3) is 22.4 Å². The largest absolute Gasteiger partial charge is 0.497 e. The molecular weight excluding hydrogens is 495 g/mol. The number of nitrogens with zero attached hydrogens (tertiary/aromatic N) is 3. The molecule has 0 aliphatic heterocycles. The number of ketones is 1. The first-order valence-corrected chi connectivity index (χ1v) is 11.1. The molecule has 0 radical (unpaired) electrons. The number of carbonyl (C=O) groups excluding carboxylic acids is 1. The zero-order chi connectivity index (χ0) is 25.4. The maximum Gasteiger partial charge on any atom is 0.432 e. The highest BCUT2D eigenvalue weighted by Gasteiger charge is 2.42. The maximum atomic E-state index is 14.6. The highest BCUT2D eigenvalue weighted by Crippen LogP contribution is 2.41. The summed E-state index contributed by atoms with van der Waals surface area (Å²) in [5.74, 6) is -1.27. The van der Waals surface area contributed by atoms with Gasteiger partial charge in [-0.25, -0.2) is 0 Å². The standard InChI is InChI=1S/C26H17ClF3N3O3/c1-35-18-11-12-20-19(13-18)21(22(34)25-32-31-24(36-25)16-5-3-2-4-6-16)23(26(28,29)30)33(20)14-15-7-9-17(27)10-8-15/h2-13H,14H2,1H3. The average Bonchev–Trinajstić information content (AvgIpc) is 3.49. The van der Waals surface area contributed by atoms with Crippen LogP contribution in [0.15, 0.2) is 77.2 Å². The normalized spacial score (nSPS) is 11.7. The Morgan fingerprint density at radius 2 is 1.75 bits per heavy atom. The van der Waals surface area contributed by atoms with E-state index >= 15 is 0 Å². The highest BCUT2D eigenvalue weighted by molar-refractivity contribution is 6.30. The van der Waals surface area contributed by atoms with Crippen LogP contribution in [-0.2, 0) is 12.7 Å². The smallest absolute Gasteiger partial charge is 0.432 e. The first-order valence-electron chi connectivity index (χ1n) is 10.7. The summed E-state index contributed by atoms with van der Waals surface area (Å²) in [6.45, 7) is -0.152. The predicted octanol–water partition coefficient (Wildman–Crippen LogP) is 6.65. The van der Waals surface area contributed by atoms with Crippen molar-refractivity contribution in [2.75, 3.05) is 7.11 Å². The van der Waals surface area contributed by atoms with Gasteiger partial charge in [0, 0.05) is 28.0 Å². The summed E-state index contributed by atoms with van der Waals surface area (Å²) >= 11 is 5.94. The van der Waals surface area contributed by atoms with Gasteiger partial charge in [-0.3, -0.25) is 4.79 Å². The number of ether oxygens (including phenoxy) is 1. The van der Waals surface area contributed by atoms with E-state index in [1.807, 2.05) is 0 Å². The molecule has 6 nitrogen and oxygen atoms in total. The molecule has 0 saturated heterocycles. The molecule has 5 rings (SSSR count). The maximum absolute atomic E-state index is 14.6. The van der Waals surface area contributed by atoms with E-state index in [0.29, 0.717) is 21.9 Å². The van der Waals surface area contributed by atoms with Crippen LogP contribution in [0, 0.1) is 0 Å². The number of hydrogen-bond acceptors (Lipinski definition) is 5. The molecule has 0 spiro atoms. The van der Waals surface area contributed by atoms with Crippen LogP contribution < -0.4 is 4.74 Å². The van der Waals surface area contributed by atoms with Crippen molar-refractivity contribution >= 4 is 28.3 Å². The van der Waals surface area contributed by atoms with Gasteiger partial charge in [-0.15, -0.1) is 10.2 Å². The molecule has 5 aromatic rings. The Kier molecular flexibility index (Phi) is 6.01. The molecule has 0 saturated carbocycles. The average molecular weight is 512 g/mol. The predicted molar refractivity (Wildman–Crippen MR) is 127 cm³/mol. The molecule has 0 atom stereocenters. The van der Waals surface area contributed by atoms with Crippen LogP contribution in [0.5, 0.6) is 5.75 Å². The lowest BCUT2D eigenvalue weighted by Crippen LogP contribution is -2.19. The summed E-state index contributed by atoms with van der Waals surface area (Å²) < 4.78 is 55.4. The quantitative estimate of drug-likeness (QED) is 0.239. The fourth-order valence-corrected chi connectivity index (χ4v) is 4.17. The second kappa shape index (κ2) is 9.16. The molecule has 2 heterocycles. The molecule has 10 heteroatoms. The van der Waals surface area contributed by atoms with E-state index in [4.69, 9.17) is 20.8 Å². The van der Waals surface area contributed by atoms with Gasteiger partial charge in [0.25, 0.3) is 11.7 Å². The number of fused-ring (bicyclic) bond motifs is 1. The van der Waals surface area contributed by atoms with Crippen molar-refractivity contribution in [3.8, 4) is 17.2 Å². The minimum absolute atomic E-state index is 0.0231. The first kappa shape index (κ1) is 23.6. The molecule has 0 amide bonds. The van der Waals surface area contributed by atoms with E-state index in [-0.39, 0.29) is 23.3 Å². The molecule has 0 unspecified atom stereocenters. The molecule has 0 aliphatic carbocycles. The molecule has 0 fully saturated rings. The van der Waals surface area contributed by atoms with Gasteiger partial charge in [-0.2, -0.15) is 13.2 Å². The van der Waals surface area contributed by atoms with Gasteiger partial charge >= 0.3 is 6.18 Å². The Morgan fingerprint density at radius 3 is 2.42 bits per heavy atom. The summed E-state index contributed by atoms with van der Waals surface area (Å²) in [6.07, 6.45) is -4.87. The number of aromatic nitrogens is 3. The van der Waals surface area contributed by atoms with Gasteiger partial charge in [0.15, 0.2) is 0 Å². The highest BCUT2D eigenvalue weighted by atomic mass is 35.5. The third kappa shape index (κ3) is 4.33. The molecular formula is C26H17ClF3N3O3. The Bertz CT molecular complexity index is 1560. The van der Waals surface area contributed by atoms with Crippen molar-refractivity contribution in [1.82, 2.24) is 14.8 Å². The van der Waals surface area contributed by atoms with Crippen LogP contribution in [0.4, 0.5) is 13.2 Å². The van der Waals surface area contributed by atoms with E-state index in [0.717, 1.165) is 4.57 Å². The van der Waals surface area contributed by atoms with Crippen molar-refractivity contribution in [1.29, 1.82) is 0 Å². The Labute approximate surface area is 207 Å². The van der Waals surface area contributed by atoms with E-state index in [2.05, 4.69) is 10.2 Å². The molecule has 0 N–H and O–H groups in total. The molecule has 2 aromatic heterocycles. The topological polar surface area (TPSA) is 70.2 Å². The number of benzene rings is 3. The number of alkyl halides is 3.